The van der Waals surface area contributed by atoms with Crippen LogP contribution in [0.1, 0.15) is 5.56 Å². The lowest BCUT2D eigenvalue weighted by atomic mass is 10.1. The van der Waals surface area contributed by atoms with Crippen molar-refractivity contribution in [2.75, 3.05) is 7.11 Å². The molecule has 23 heavy (non-hydrogen) atoms. The van der Waals surface area contributed by atoms with Gasteiger partial charge in [0.15, 0.2) is 11.5 Å². The Morgan fingerprint density at radius 1 is 0.957 bits per heavy atom. The zero-order valence-corrected chi connectivity index (χ0v) is 12.7. The molecule has 4 heteroatoms. The molecule has 0 aliphatic rings. The van der Waals surface area contributed by atoms with Gasteiger partial charge in [-0.2, -0.15) is 0 Å². The molecule has 2 aromatic heterocycles. The summed E-state index contributed by atoms with van der Waals surface area (Å²) in [6, 6.07) is 16.1. The lowest BCUT2D eigenvalue weighted by Gasteiger charge is -2.11. The monoisotopic (exact) mass is 304 g/mol. The van der Waals surface area contributed by atoms with E-state index in [4.69, 9.17) is 9.47 Å². The zero-order chi connectivity index (χ0) is 15.6. The first kappa shape index (κ1) is 13.6. The Balaban J connectivity index is 1.75. The Labute approximate surface area is 133 Å². The molecular formula is C19H16N2O2. The number of aromatic nitrogens is 2. The third-order valence-corrected chi connectivity index (χ3v) is 3.92. The summed E-state index contributed by atoms with van der Waals surface area (Å²) >= 11 is 0. The van der Waals surface area contributed by atoms with Crippen LogP contribution >= 0.6 is 0 Å². The quantitative estimate of drug-likeness (QED) is 0.611. The van der Waals surface area contributed by atoms with Crippen LogP contribution in [0.2, 0.25) is 0 Å². The highest BCUT2D eigenvalue weighted by Gasteiger charge is 2.11. The van der Waals surface area contributed by atoms with Crippen LogP contribution in [-0.4, -0.2) is 17.1 Å². The van der Waals surface area contributed by atoms with Crippen LogP contribution in [0, 0.1) is 0 Å². The Morgan fingerprint density at radius 2 is 1.83 bits per heavy atom. The molecule has 2 heterocycles. The molecule has 0 saturated heterocycles. The third-order valence-electron chi connectivity index (χ3n) is 3.92. The summed E-state index contributed by atoms with van der Waals surface area (Å²) in [5.74, 6) is 1.45. The molecular weight excluding hydrogens is 288 g/mol. The van der Waals surface area contributed by atoms with Crippen molar-refractivity contribution in [1.82, 2.24) is 9.97 Å². The second kappa shape index (κ2) is 5.65. The van der Waals surface area contributed by atoms with Crippen LogP contribution in [0.5, 0.6) is 11.5 Å². The van der Waals surface area contributed by atoms with Crippen LogP contribution in [-0.2, 0) is 6.61 Å². The SMILES string of the molecule is COc1cc2c(cc1OCc1ccccc1)[nH]c1cnccc12. The van der Waals surface area contributed by atoms with E-state index in [2.05, 4.69) is 9.97 Å². The van der Waals surface area contributed by atoms with E-state index in [0.717, 1.165) is 38.9 Å². The highest BCUT2D eigenvalue weighted by molar-refractivity contribution is 6.07. The number of ether oxygens (including phenoxy) is 2. The predicted molar refractivity (Wildman–Crippen MR) is 90.9 cm³/mol. The van der Waals surface area contributed by atoms with Crippen molar-refractivity contribution in [1.29, 1.82) is 0 Å². The van der Waals surface area contributed by atoms with E-state index < -0.39 is 0 Å². The fourth-order valence-corrected chi connectivity index (χ4v) is 2.77. The van der Waals surface area contributed by atoms with E-state index in [9.17, 15) is 0 Å². The predicted octanol–water partition coefficient (Wildman–Crippen LogP) is 4.30. The summed E-state index contributed by atoms with van der Waals surface area (Å²) < 4.78 is 11.5. The highest BCUT2D eigenvalue weighted by Crippen LogP contribution is 2.36. The second-order valence-electron chi connectivity index (χ2n) is 5.37. The molecule has 0 bridgehead atoms. The zero-order valence-electron chi connectivity index (χ0n) is 12.7. The van der Waals surface area contributed by atoms with E-state index in [1.165, 1.54) is 0 Å². The van der Waals surface area contributed by atoms with E-state index in [1.807, 2.05) is 54.7 Å². The molecule has 0 fully saturated rings. The molecule has 114 valence electrons. The maximum Gasteiger partial charge on any atom is 0.163 e. The minimum Gasteiger partial charge on any atom is -0.493 e. The highest BCUT2D eigenvalue weighted by atomic mass is 16.5. The molecule has 4 aromatic rings. The van der Waals surface area contributed by atoms with Crippen LogP contribution in [0.15, 0.2) is 60.9 Å². The Hall–Kier alpha value is -3.01. The minimum atomic E-state index is 0.504. The van der Waals surface area contributed by atoms with Gasteiger partial charge in [-0.25, -0.2) is 0 Å². The Morgan fingerprint density at radius 3 is 2.65 bits per heavy atom. The molecule has 4 rings (SSSR count). The van der Waals surface area contributed by atoms with Gasteiger partial charge in [0.05, 0.1) is 24.3 Å². The van der Waals surface area contributed by atoms with Gasteiger partial charge in [0.25, 0.3) is 0 Å². The number of H-pyrrole nitrogens is 1. The normalized spacial score (nSPS) is 11.0. The number of rotatable bonds is 4. The van der Waals surface area contributed by atoms with E-state index in [1.54, 1.807) is 13.3 Å². The van der Waals surface area contributed by atoms with Crippen molar-refractivity contribution in [3.63, 3.8) is 0 Å². The van der Waals surface area contributed by atoms with Gasteiger partial charge < -0.3 is 14.5 Å². The summed E-state index contributed by atoms with van der Waals surface area (Å²) in [6.45, 7) is 0.504. The molecule has 0 aliphatic carbocycles. The molecule has 4 nitrogen and oxygen atoms in total. The number of pyridine rings is 1. The minimum absolute atomic E-state index is 0.504. The smallest absolute Gasteiger partial charge is 0.163 e. The van der Waals surface area contributed by atoms with Gasteiger partial charge in [0, 0.05) is 23.0 Å². The molecule has 2 aromatic carbocycles. The maximum absolute atomic E-state index is 5.96. The summed E-state index contributed by atoms with van der Waals surface area (Å²) in [6.07, 6.45) is 3.62. The van der Waals surface area contributed by atoms with Gasteiger partial charge in [-0.15, -0.1) is 0 Å². The largest absolute Gasteiger partial charge is 0.493 e. The van der Waals surface area contributed by atoms with E-state index in [-0.39, 0.29) is 0 Å². The third kappa shape index (κ3) is 2.48. The van der Waals surface area contributed by atoms with Gasteiger partial charge in [-0.05, 0) is 17.7 Å². The number of fused-ring (bicyclic) bond motifs is 3. The maximum atomic E-state index is 5.96. The van der Waals surface area contributed by atoms with Crippen molar-refractivity contribution in [2.24, 2.45) is 0 Å². The van der Waals surface area contributed by atoms with Crippen LogP contribution in [0.4, 0.5) is 0 Å². The van der Waals surface area contributed by atoms with E-state index >= 15 is 0 Å². The lowest BCUT2D eigenvalue weighted by Crippen LogP contribution is -1.97. The standard InChI is InChI=1S/C19H16N2O2/c1-22-18-9-15-14-7-8-20-11-17(14)21-16(15)10-19(18)23-12-13-5-3-2-4-6-13/h2-11,21H,12H2,1H3. The van der Waals surface area contributed by atoms with E-state index in [0.29, 0.717) is 6.61 Å². The molecule has 0 saturated carbocycles. The number of benzene rings is 2. The lowest BCUT2D eigenvalue weighted by molar-refractivity contribution is 0.285. The Kier molecular flexibility index (Phi) is 3.35. The Bertz CT molecular complexity index is 961. The fourth-order valence-electron chi connectivity index (χ4n) is 2.77. The van der Waals surface area contributed by atoms with Gasteiger partial charge in [-0.3, -0.25) is 4.98 Å². The first-order chi connectivity index (χ1) is 11.3. The molecule has 0 atom stereocenters. The number of aromatic amines is 1. The molecule has 0 aliphatic heterocycles. The molecule has 0 spiro atoms. The topological polar surface area (TPSA) is 47.1 Å². The van der Waals surface area contributed by atoms with Crippen LogP contribution in [0.25, 0.3) is 21.8 Å². The van der Waals surface area contributed by atoms with Crippen molar-refractivity contribution in [3.8, 4) is 11.5 Å². The fraction of sp³-hybridized carbons (Fsp3) is 0.105. The first-order valence-corrected chi connectivity index (χ1v) is 7.45. The number of hydrogen-bond donors (Lipinski definition) is 1. The summed E-state index contributed by atoms with van der Waals surface area (Å²) in [7, 11) is 1.66. The van der Waals surface area contributed by atoms with Gasteiger partial charge in [-0.1, -0.05) is 30.3 Å². The summed E-state index contributed by atoms with van der Waals surface area (Å²) in [5, 5.41) is 2.23. The molecule has 1 N–H and O–H groups in total. The van der Waals surface area contributed by atoms with Crippen LogP contribution < -0.4 is 9.47 Å². The molecule has 0 radical (unpaired) electrons. The average molecular weight is 304 g/mol. The van der Waals surface area contributed by atoms with Gasteiger partial charge in [0.2, 0.25) is 0 Å². The molecule has 0 unspecified atom stereocenters. The molecule has 0 amide bonds. The van der Waals surface area contributed by atoms with Crippen molar-refractivity contribution >= 4 is 21.8 Å². The van der Waals surface area contributed by atoms with Gasteiger partial charge in [0.1, 0.15) is 6.61 Å². The van der Waals surface area contributed by atoms with Crippen molar-refractivity contribution in [3.05, 3.63) is 66.5 Å². The average Bonchev–Trinajstić information content (AvgIpc) is 2.97. The number of nitrogens with zero attached hydrogens (tertiary/aromatic N) is 1. The second-order valence-corrected chi connectivity index (χ2v) is 5.37. The summed E-state index contributed by atoms with van der Waals surface area (Å²) in [4.78, 5) is 7.53. The first-order valence-electron chi connectivity index (χ1n) is 7.45. The number of methoxy groups -OCH3 is 1. The summed E-state index contributed by atoms with van der Waals surface area (Å²) in [5.41, 5.74) is 3.14. The number of hydrogen-bond acceptors (Lipinski definition) is 3. The van der Waals surface area contributed by atoms with Gasteiger partial charge >= 0.3 is 0 Å². The van der Waals surface area contributed by atoms with Crippen molar-refractivity contribution < 1.29 is 9.47 Å². The van der Waals surface area contributed by atoms with Crippen LogP contribution in [0.3, 0.4) is 0 Å². The van der Waals surface area contributed by atoms with Crippen molar-refractivity contribution in [2.45, 2.75) is 6.61 Å². The number of nitrogens with one attached hydrogen (secondary N) is 1.